The van der Waals surface area contributed by atoms with Crippen molar-refractivity contribution in [1.29, 1.82) is 0 Å². The van der Waals surface area contributed by atoms with E-state index in [1.54, 1.807) is 18.2 Å². The third-order valence-electron chi connectivity index (χ3n) is 3.57. The van der Waals surface area contributed by atoms with Crippen LogP contribution in [0.1, 0.15) is 15.9 Å². The van der Waals surface area contributed by atoms with Crippen molar-refractivity contribution in [2.45, 2.75) is 6.54 Å². The molecule has 3 rings (SSSR count). The number of nitrogens with one attached hydrogen (secondary N) is 2. The summed E-state index contributed by atoms with van der Waals surface area (Å²) in [7, 11) is 0. The standard InChI is InChI=1S/C18H12ClF3N4O/c19-11-3-1-10(2-4-11)9-23-14-7-8-15(26-25-14)24-18(27)12-5-6-13(20)17(22)16(12)21/h1-8H,9H2,(H,23,25)(H,24,26,27). The van der Waals surface area contributed by atoms with Gasteiger partial charge in [-0.2, -0.15) is 0 Å². The summed E-state index contributed by atoms with van der Waals surface area (Å²) in [5.41, 5.74) is 0.341. The molecule has 0 fully saturated rings. The summed E-state index contributed by atoms with van der Waals surface area (Å²) in [6, 6.07) is 11.7. The predicted molar refractivity (Wildman–Crippen MR) is 95.1 cm³/mol. The lowest BCUT2D eigenvalue weighted by molar-refractivity contribution is 0.102. The number of rotatable bonds is 5. The normalized spacial score (nSPS) is 10.5. The molecule has 2 aromatic carbocycles. The molecule has 0 radical (unpaired) electrons. The Morgan fingerprint density at radius 2 is 1.56 bits per heavy atom. The number of amides is 1. The maximum atomic E-state index is 13.6. The molecule has 0 aliphatic rings. The van der Waals surface area contributed by atoms with Crippen molar-refractivity contribution in [1.82, 2.24) is 10.2 Å². The van der Waals surface area contributed by atoms with Crippen molar-refractivity contribution in [3.63, 3.8) is 0 Å². The first-order chi connectivity index (χ1) is 12.9. The molecule has 5 nitrogen and oxygen atoms in total. The summed E-state index contributed by atoms with van der Waals surface area (Å²) in [6.45, 7) is 0.484. The van der Waals surface area contributed by atoms with Crippen molar-refractivity contribution in [2.24, 2.45) is 0 Å². The largest absolute Gasteiger partial charge is 0.365 e. The molecule has 0 spiro atoms. The molecule has 138 valence electrons. The van der Waals surface area contributed by atoms with E-state index in [2.05, 4.69) is 20.8 Å². The van der Waals surface area contributed by atoms with E-state index in [4.69, 9.17) is 11.6 Å². The second-order valence-corrected chi connectivity index (χ2v) is 5.90. The molecule has 0 saturated heterocycles. The number of halogens is 4. The molecule has 9 heteroatoms. The van der Waals surface area contributed by atoms with Crippen molar-refractivity contribution >= 4 is 29.1 Å². The Balaban J connectivity index is 1.62. The molecule has 1 amide bonds. The summed E-state index contributed by atoms with van der Waals surface area (Å²) < 4.78 is 39.8. The highest BCUT2D eigenvalue weighted by atomic mass is 35.5. The summed E-state index contributed by atoms with van der Waals surface area (Å²) in [5.74, 6) is -5.15. The summed E-state index contributed by atoms with van der Waals surface area (Å²) >= 11 is 5.82. The maximum Gasteiger partial charge on any atom is 0.259 e. The summed E-state index contributed by atoms with van der Waals surface area (Å²) in [5, 5.41) is 13.6. The van der Waals surface area contributed by atoms with Crippen LogP contribution in [0.2, 0.25) is 5.02 Å². The van der Waals surface area contributed by atoms with Crippen LogP contribution in [0.4, 0.5) is 24.8 Å². The number of benzene rings is 2. The maximum absolute atomic E-state index is 13.6. The van der Waals surface area contributed by atoms with E-state index in [0.29, 0.717) is 23.5 Å². The number of hydrogen-bond donors (Lipinski definition) is 2. The minimum atomic E-state index is -1.71. The monoisotopic (exact) mass is 392 g/mol. The Hall–Kier alpha value is -3.13. The zero-order valence-electron chi connectivity index (χ0n) is 13.6. The predicted octanol–water partition coefficient (Wildman–Crippen LogP) is 4.41. The molecule has 2 N–H and O–H groups in total. The van der Waals surface area contributed by atoms with E-state index in [0.717, 1.165) is 11.6 Å². The number of aromatic nitrogens is 2. The topological polar surface area (TPSA) is 66.9 Å². The van der Waals surface area contributed by atoms with Crippen LogP contribution < -0.4 is 10.6 Å². The lowest BCUT2D eigenvalue weighted by atomic mass is 10.2. The number of carbonyl (C=O) groups excluding carboxylic acids is 1. The van der Waals surface area contributed by atoms with E-state index in [1.165, 1.54) is 6.07 Å². The van der Waals surface area contributed by atoms with Gasteiger partial charge in [0.2, 0.25) is 0 Å². The molecule has 27 heavy (non-hydrogen) atoms. The first-order valence-corrected chi connectivity index (χ1v) is 8.09. The minimum Gasteiger partial charge on any atom is -0.365 e. The van der Waals surface area contributed by atoms with E-state index >= 15 is 0 Å². The van der Waals surface area contributed by atoms with Crippen LogP contribution in [0.15, 0.2) is 48.5 Å². The fourth-order valence-electron chi connectivity index (χ4n) is 2.17. The lowest BCUT2D eigenvalue weighted by Crippen LogP contribution is -2.16. The van der Waals surface area contributed by atoms with Crippen LogP contribution in [0.3, 0.4) is 0 Å². The average Bonchev–Trinajstić information content (AvgIpc) is 2.67. The summed E-state index contributed by atoms with van der Waals surface area (Å²) in [4.78, 5) is 12.0. The van der Waals surface area contributed by atoms with Gasteiger partial charge in [0.15, 0.2) is 23.3 Å². The molecule has 3 aromatic rings. The molecule has 0 saturated carbocycles. The molecule has 0 bridgehead atoms. The highest BCUT2D eigenvalue weighted by Gasteiger charge is 2.19. The number of anilines is 2. The van der Waals surface area contributed by atoms with Crippen molar-refractivity contribution < 1.29 is 18.0 Å². The van der Waals surface area contributed by atoms with Gasteiger partial charge in [-0.05, 0) is 42.0 Å². The van der Waals surface area contributed by atoms with Crippen molar-refractivity contribution in [3.8, 4) is 0 Å². The molecule has 0 aliphatic heterocycles. The third-order valence-corrected chi connectivity index (χ3v) is 3.82. The SMILES string of the molecule is O=C(Nc1ccc(NCc2ccc(Cl)cc2)nn1)c1ccc(F)c(F)c1F. The third kappa shape index (κ3) is 4.53. The lowest BCUT2D eigenvalue weighted by Gasteiger charge is -2.08. The van der Waals surface area contributed by atoms with Gasteiger partial charge in [-0.3, -0.25) is 4.79 Å². The molecule has 0 unspecified atom stereocenters. The van der Waals surface area contributed by atoms with Gasteiger partial charge in [0.25, 0.3) is 5.91 Å². The zero-order valence-corrected chi connectivity index (χ0v) is 14.4. The van der Waals surface area contributed by atoms with Gasteiger partial charge in [-0.25, -0.2) is 13.2 Å². The first-order valence-electron chi connectivity index (χ1n) is 7.71. The van der Waals surface area contributed by atoms with Crippen LogP contribution in [-0.4, -0.2) is 16.1 Å². The Morgan fingerprint density at radius 1 is 0.889 bits per heavy atom. The number of nitrogens with zero attached hydrogens (tertiary/aromatic N) is 2. The quantitative estimate of drug-likeness (QED) is 0.631. The van der Waals surface area contributed by atoms with Gasteiger partial charge in [0, 0.05) is 11.6 Å². The van der Waals surface area contributed by atoms with Gasteiger partial charge in [-0.15, -0.1) is 10.2 Å². The van der Waals surface area contributed by atoms with Crippen LogP contribution in [-0.2, 0) is 6.54 Å². The van der Waals surface area contributed by atoms with Crippen molar-refractivity contribution in [3.05, 3.63) is 82.1 Å². The molecule has 0 aliphatic carbocycles. The highest BCUT2D eigenvalue weighted by molar-refractivity contribution is 6.30. The van der Waals surface area contributed by atoms with Crippen LogP contribution in [0.5, 0.6) is 0 Å². The van der Waals surface area contributed by atoms with Gasteiger partial charge in [0.05, 0.1) is 5.56 Å². The van der Waals surface area contributed by atoms with Crippen LogP contribution in [0, 0.1) is 17.5 Å². The molecule has 1 heterocycles. The van der Waals surface area contributed by atoms with Gasteiger partial charge < -0.3 is 10.6 Å². The highest BCUT2D eigenvalue weighted by Crippen LogP contribution is 2.17. The molecular formula is C18H12ClF3N4O. The number of hydrogen-bond acceptors (Lipinski definition) is 4. The fourth-order valence-corrected chi connectivity index (χ4v) is 2.30. The Kier molecular flexibility index (Phi) is 5.56. The van der Waals surface area contributed by atoms with Crippen LogP contribution in [0.25, 0.3) is 0 Å². The minimum absolute atomic E-state index is 0.0289. The molecule has 1 aromatic heterocycles. The second-order valence-electron chi connectivity index (χ2n) is 5.46. The van der Waals surface area contributed by atoms with E-state index in [-0.39, 0.29) is 5.82 Å². The average molecular weight is 393 g/mol. The van der Waals surface area contributed by atoms with Gasteiger partial charge in [0.1, 0.15) is 5.82 Å². The fraction of sp³-hybridized carbons (Fsp3) is 0.0556. The van der Waals surface area contributed by atoms with E-state index < -0.39 is 28.9 Å². The van der Waals surface area contributed by atoms with E-state index in [1.807, 2.05) is 12.1 Å². The Labute approximate surface area is 157 Å². The molecule has 0 atom stereocenters. The molecular weight excluding hydrogens is 381 g/mol. The van der Waals surface area contributed by atoms with Crippen molar-refractivity contribution in [2.75, 3.05) is 10.6 Å². The Morgan fingerprint density at radius 3 is 2.22 bits per heavy atom. The van der Waals surface area contributed by atoms with Crippen LogP contribution >= 0.6 is 11.6 Å². The first kappa shape index (κ1) is 18.7. The van der Waals surface area contributed by atoms with E-state index in [9.17, 15) is 18.0 Å². The smallest absolute Gasteiger partial charge is 0.259 e. The number of carbonyl (C=O) groups is 1. The summed E-state index contributed by atoms with van der Waals surface area (Å²) in [6.07, 6.45) is 0. The Bertz CT molecular complexity index is 966. The second kappa shape index (κ2) is 8.05. The van der Waals surface area contributed by atoms with Gasteiger partial charge >= 0.3 is 0 Å². The zero-order chi connectivity index (χ0) is 19.4. The van der Waals surface area contributed by atoms with Gasteiger partial charge in [-0.1, -0.05) is 23.7 Å².